The van der Waals surface area contributed by atoms with E-state index in [4.69, 9.17) is 17.2 Å². The summed E-state index contributed by atoms with van der Waals surface area (Å²) in [6.07, 6.45) is 5.77. The van der Waals surface area contributed by atoms with Crippen molar-refractivity contribution >= 4 is 23.7 Å². The molecular formula is C19H21N7S. The summed E-state index contributed by atoms with van der Waals surface area (Å²) < 4.78 is 4.35. The molecule has 4 aromatic heterocycles. The summed E-state index contributed by atoms with van der Waals surface area (Å²) in [6.45, 7) is 8.12. The molecule has 0 aliphatic rings. The topological polar surface area (TPSA) is 67.0 Å². The van der Waals surface area contributed by atoms with Crippen LogP contribution in [0.1, 0.15) is 19.4 Å². The van der Waals surface area contributed by atoms with Crippen LogP contribution in [0.2, 0.25) is 0 Å². The molecule has 0 spiro atoms. The summed E-state index contributed by atoms with van der Waals surface area (Å²) in [5, 5.41) is 7.28. The zero-order valence-corrected chi connectivity index (χ0v) is 16.4. The van der Waals surface area contributed by atoms with Gasteiger partial charge in [-0.1, -0.05) is 0 Å². The van der Waals surface area contributed by atoms with Gasteiger partial charge in [0.25, 0.3) is 0 Å². The van der Waals surface area contributed by atoms with Crippen molar-refractivity contribution in [2.24, 2.45) is 0 Å². The number of hydrogen-bond acceptors (Lipinski definition) is 5. The molecule has 0 aromatic carbocycles. The number of imidazole rings is 1. The van der Waals surface area contributed by atoms with Crippen molar-refractivity contribution in [1.82, 2.24) is 29.1 Å². The standard InChI is InChI=1S/C19H21N7S/c1-4-24(5-2)16-7-6-14(11-20-16)26-18(22-23-19(26)27)15-12-25-9-8-13(3)10-17(25)21-15/h6-12H,4-5H2,1-3H3,(H,23,27). The maximum absolute atomic E-state index is 5.46. The van der Waals surface area contributed by atoms with Crippen LogP contribution in [0.5, 0.6) is 0 Å². The number of rotatable bonds is 5. The Morgan fingerprint density at radius 2 is 2.00 bits per heavy atom. The first-order chi connectivity index (χ1) is 13.1. The van der Waals surface area contributed by atoms with Gasteiger partial charge in [-0.15, -0.1) is 0 Å². The molecule has 0 unspecified atom stereocenters. The van der Waals surface area contributed by atoms with E-state index in [0.29, 0.717) is 10.6 Å². The Morgan fingerprint density at radius 3 is 2.70 bits per heavy atom. The van der Waals surface area contributed by atoms with E-state index in [9.17, 15) is 0 Å². The van der Waals surface area contributed by atoms with Gasteiger partial charge >= 0.3 is 0 Å². The number of hydrogen-bond donors (Lipinski definition) is 1. The highest BCUT2D eigenvalue weighted by molar-refractivity contribution is 7.71. The summed E-state index contributed by atoms with van der Waals surface area (Å²) >= 11 is 5.46. The average Bonchev–Trinajstić information content (AvgIpc) is 3.26. The van der Waals surface area contributed by atoms with Crippen LogP contribution >= 0.6 is 12.2 Å². The van der Waals surface area contributed by atoms with E-state index in [1.54, 1.807) is 0 Å². The summed E-state index contributed by atoms with van der Waals surface area (Å²) in [5.41, 5.74) is 3.64. The third-order valence-corrected chi connectivity index (χ3v) is 4.87. The third-order valence-electron chi connectivity index (χ3n) is 4.60. The lowest BCUT2D eigenvalue weighted by Gasteiger charge is -2.19. The number of aromatic amines is 1. The Hall–Kier alpha value is -3.00. The molecule has 27 heavy (non-hydrogen) atoms. The lowest BCUT2D eigenvalue weighted by Crippen LogP contribution is -2.22. The number of pyridine rings is 2. The van der Waals surface area contributed by atoms with Crippen molar-refractivity contribution in [3.05, 3.63) is 53.2 Å². The van der Waals surface area contributed by atoms with Crippen molar-refractivity contribution in [3.63, 3.8) is 0 Å². The van der Waals surface area contributed by atoms with Gasteiger partial charge in [0.2, 0.25) is 0 Å². The highest BCUT2D eigenvalue weighted by atomic mass is 32.1. The molecule has 138 valence electrons. The number of fused-ring (bicyclic) bond motifs is 1. The van der Waals surface area contributed by atoms with Gasteiger partial charge in [-0.2, -0.15) is 5.10 Å². The second kappa shape index (κ2) is 6.96. The molecule has 0 bridgehead atoms. The second-order valence-corrected chi connectivity index (χ2v) is 6.72. The molecule has 0 radical (unpaired) electrons. The summed E-state index contributed by atoms with van der Waals surface area (Å²) in [5.74, 6) is 1.61. The predicted molar refractivity (Wildman–Crippen MR) is 109 cm³/mol. The molecule has 0 saturated carbocycles. The van der Waals surface area contributed by atoms with Gasteiger partial charge in [-0.3, -0.25) is 9.67 Å². The Labute approximate surface area is 162 Å². The fraction of sp³-hybridized carbons (Fsp3) is 0.263. The van der Waals surface area contributed by atoms with Crippen molar-refractivity contribution in [2.75, 3.05) is 18.0 Å². The Bertz CT molecular complexity index is 1130. The highest BCUT2D eigenvalue weighted by Gasteiger charge is 2.15. The van der Waals surface area contributed by atoms with Crippen LogP contribution in [0.15, 0.2) is 42.9 Å². The van der Waals surface area contributed by atoms with Gasteiger partial charge in [-0.05, 0) is 62.8 Å². The number of nitrogens with zero attached hydrogens (tertiary/aromatic N) is 6. The Kier molecular flexibility index (Phi) is 4.49. The molecule has 4 aromatic rings. The predicted octanol–water partition coefficient (Wildman–Crippen LogP) is 3.79. The summed E-state index contributed by atoms with van der Waals surface area (Å²) in [7, 11) is 0. The van der Waals surface area contributed by atoms with Crippen LogP contribution in [0.3, 0.4) is 0 Å². The van der Waals surface area contributed by atoms with E-state index in [2.05, 4.69) is 33.9 Å². The summed E-state index contributed by atoms with van der Waals surface area (Å²) in [4.78, 5) is 11.5. The lowest BCUT2D eigenvalue weighted by atomic mass is 10.3. The van der Waals surface area contributed by atoms with Crippen LogP contribution in [-0.2, 0) is 0 Å². The fourth-order valence-corrected chi connectivity index (χ4v) is 3.38. The average molecular weight is 379 g/mol. The van der Waals surface area contributed by atoms with Crippen molar-refractivity contribution < 1.29 is 0 Å². The minimum absolute atomic E-state index is 0.510. The number of aromatic nitrogens is 6. The van der Waals surface area contributed by atoms with E-state index in [1.165, 1.54) is 0 Å². The van der Waals surface area contributed by atoms with E-state index in [0.717, 1.165) is 41.5 Å². The number of nitrogens with one attached hydrogen (secondary N) is 1. The minimum Gasteiger partial charge on any atom is -0.357 e. The monoisotopic (exact) mass is 379 g/mol. The first-order valence-electron chi connectivity index (χ1n) is 8.95. The zero-order valence-electron chi connectivity index (χ0n) is 15.5. The molecule has 1 N–H and O–H groups in total. The van der Waals surface area contributed by atoms with Crippen molar-refractivity contribution in [1.29, 1.82) is 0 Å². The molecule has 0 saturated heterocycles. The minimum atomic E-state index is 0.510. The first kappa shape index (κ1) is 17.4. The molecule has 0 amide bonds. The van der Waals surface area contributed by atoms with Crippen LogP contribution in [0.4, 0.5) is 5.82 Å². The molecule has 0 atom stereocenters. The molecular weight excluding hydrogens is 358 g/mol. The van der Waals surface area contributed by atoms with E-state index in [-0.39, 0.29) is 0 Å². The quantitative estimate of drug-likeness (QED) is 0.534. The molecule has 4 heterocycles. The van der Waals surface area contributed by atoms with E-state index >= 15 is 0 Å². The zero-order chi connectivity index (χ0) is 19.0. The molecule has 0 aliphatic heterocycles. The fourth-order valence-electron chi connectivity index (χ4n) is 3.14. The largest absolute Gasteiger partial charge is 0.357 e. The van der Waals surface area contributed by atoms with Crippen LogP contribution in [0.25, 0.3) is 22.9 Å². The highest BCUT2D eigenvalue weighted by Crippen LogP contribution is 2.22. The lowest BCUT2D eigenvalue weighted by molar-refractivity contribution is 0.844. The van der Waals surface area contributed by atoms with Gasteiger partial charge < -0.3 is 9.30 Å². The van der Waals surface area contributed by atoms with Crippen LogP contribution in [-0.4, -0.2) is 42.2 Å². The van der Waals surface area contributed by atoms with Gasteiger partial charge in [0.05, 0.1) is 11.9 Å². The SMILES string of the molecule is CCN(CC)c1ccc(-n2c(-c3cn4ccc(C)cc4n3)n[nH]c2=S)cn1. The number of anilines is 1. The van der Waals surface area contributed by atoms with Crippen LogP contribution in [0, 0.1) is 11.7 Å². The second-order valence-electron chi connectivity index (χ2n) is 6.33. The molecule has 4 rings (SSSR count). The van der Waals surface area contributed by atoms with Gasteiger partial charge in [0, 0.05) is 25.5 Å². The first-order valence-corrected chi connectivity index (χ1v) is 9.36. The molecule has 0 aliphatic carbocycles. The molecule has 8 heteroatoms. The number of aryl methyl sites for hydroxylation is 1. The van der Waals surface area contributed by atoms with E-state index < -0.39 is 0 Å². The van der Waals surface area contributed by atoms with Gasteiger partial charge in [0.15, 0.2) is 10.6 Å². The van der Waals surface area contributed by atoms with E-state index in [1.807, 2.05) is 58.7 Å². The maximum Gasteiger partial charge on any atom is 0.200 e. The maximum atomic E-state index is 5.46. The molecule has 7 nitrogen and oxygen atoms in total. The molecule has 0 fully saturated rings. The summed E-state index contributed by atoms with van der Waals surface area (Å²) in [6, 6.07) is 8.10. The van der Waals surface area contributed by atoms with Crippen molar-refractivity contribution in [3.8, 4) is 17.2 Å². The number of H-pyrrole nitrogens is 1. The van der Waals surface area contributed by atoms with Gasteiger partial charge in [-0.25, -0.2) is 9.97 Å². The smallest absolute Gasteiger partial charge is 0.200 e. The Morgan fingerprint density at radius 1 is 1.19 bits per heavy atom. The Balaban J connectivity index is 1.78. The van der Waals surface area contributed by atoms with Crippen molar-refractivity contribution in [2.45, 2.75) is 20.8 Å². The third kappa shape index (κ3) is 3.12. The van der Waals surface area contributed by atoms with Crippen LogP contribution < -0.4 is 4.90 Å². The normalized spacial score (nSPS) is 11.2. The van der Waals surface area contributed by atoms with Gasteiger partial charge in [0.1, 0.15) is 17.2 Å².